The zero-order chi connectivity index (χ0) is 18.4. The minimum atomic E-state index is -3.85. The second kappa shape index (κ2) is 8.02. The number of benzene rings is 2. The van der Waals surface area contributed by atoms with Crippen molar-refractivity contribution in [3.63, 3.8) is 0 Å². The Hall–Kier alpha value is -2.54. The van der Waals surface area contributed by atoms with Gasteiger partial charge in [0.15, 0.2) is 0 Å². The highest BCUT2D eigenvalue weighted by Gasteiger charge is 2.16. The molecular weight excluding hydrogens is 338 g/mol. The lowest BCUT2D eigenvalue weighted by Crippen LogP contribution is -2.40. The smallest absolute Gasteiger partial charge is 0.328 e. The summed E-state index contributed by atoms with van der Waals surface area (Å²) in [5.74, 6) is 0. The maximum Gasteiger partial charge on any atom is 0.328 e. The first-order chi connectivity index (χ1) is 11.8. The largest absolute Gasteiger partial charge is 0.378 e. The summed E-state index contributed by atoms with van der Waals surface area (Å²) < 4.78 is 26.2. The number of carbonyl (C=O) groups excluding carboxylic acids is 1. The van der Waals surface area contributed by atoms with E-state index in [4.69, 9.17) is 0 Å². The monoisotopic (exact) mass is 361 g/mol. The van der Waals surface area contributed by atoms with Crippen LogP contribution in [0.3, 0.4) is 0 Å². The van der Waals surface area contributed by atoms with Gasteiger partial charge in [0.1, 0.15) is 0 Å². The van der Waals surface area contributed by atoms with E-state index in [1.54, 1.807) is 12.1 Å². The zero-order valence-electron chi connectivity index (χ0n) is 14.6. The van der Waals surface area contributed by atoms with Crippen molar-refractivity contribution in [2.24, 2.45) is 0 Å². The number of hydrogen-bond acceptors (Lipinski definition) is 4. The highest BCUT2D eigenvalue weighted by atomic mass is 32.2. The van der Waals surface area contributed by atoms with E-state index in [2.05, 4.69) is 5.32 Å². The number of hydrogen-bond donors (Lipinski definition) is 2. The van der Waals surface area contributed by atoms with E-state index >= 15 is 0 Å². The van der Waals surface area contributed by atoms with Gasteiger partial charge in [-0.25, -0.2) is 17.9 Å². The Labute approximate surface area is 148 Å². The van der Waals surface area contributed by atoms with Crippen LogP contribution < -0.4 is 14.9 Å². The number of amides is 2. The van der Waals surface area contributed by atoms with Gasteiger partial charge in [0.25, 0.3) is 10.0 Å². The minimum Gasteiger partial charge on any atom is -0.378 e. The van der Waals surface area contributed by atoms with E-state index < -0.39 is 16.1 Å². The van der Waals surface area contributed by atoms with Crippen molar-refractivity contribution in [1.82, 2.24) is 10.0 Å². The summed E-state index contributed by atoms with van der Waals surface area (Å²) >= 11 is 0. The first-order valence-electron chi connectivity index (χ1n) is 7.91. The number of anilines is 1. The molecule has 0 aliphatic rings. The highest BCUT2D eigenvalue weighted by molar-refractivity contribution is 7.90. The molecule has 0 aliphatic heterocycles. The lowest BCUT2D eigenvalue weighted by molar-refractivity contribution is 0.246. The Bertz CT molecular complexity index is 814. The summed E-state index contributed by atoms with van der Waals surface area (Å²) in [7, 11) is 0.0813. The normalized spacial score (nSPS) is 11.0. The lowest BCUT2D eigenvalue weighted by atomic mass is 10.1. The van der Waals surface area contributed by atoms with Crippen LogP contribution in [0.4, 0.5) is 10.5 Å². The second-order valence-corrected chi connectivity index (χ2v) is 7.67. The molecular formula is C18H23N3O3S. The van der Waals surface area contributed by atoms with Gasteiger partial charge in [-0.2, -0.15) is 0 Å². The number of aryl methyl sites for hydroxylation is 1. The van der Waals surface area contributed by atoms with Gasteiger partial charge in [-0.3, -0.25) is 0 Å². The molecule has 2 aromatic rings. The van der Waals surface area contributed by atoms with Crippen molar-refractivity contribution in [2.45, 2.75) is 18.2 Å². The summed E-state index contributed by atoms with van der Waals surface area (Å²) in [6, 6.07) is 13.5. The highest BCUT2D eigenvalue weighted by Crippen LogP contribution is 2.12. The Morgan fingerprint density at radius 2 is 1.60 bits per heavy atom. The number of rotatable bonds is 6. The second-order valence-electron chi connectivity index (χ2n) is 5.99. The van der Waals surface area contributed by atoms with Gasteiger partial charge in [0.2, 0.25) is 0 Å². The van der Waals surface area contributed by atoms with Crippen LogP contribution in [0.15, 0.2) is 53.4 Å². The molecule has 0 aliphatic carbocycles. The van der Waals surface area contributed by atoms with Gasteiger partial charge >= 0.3 is 6.03 Å². The quantitative estimate of drug-likeness (QED) is 0.827. The van der Waals surface area contributed by atoms with E-state index in [1.165, 1.54) is 12.1 Å². The Morgan fingerprint density at radius 1 is 1.00 bits per heavy atom. The van der Waals surface area contributed by atoms with E-state index in [1.807, 2.05) is 54.9 Å². The molecule has 0 fully saturated rings. The molecule has 6 nitrogen and oxygen atoms in total. The molecule has 7 heteroatoms. The first kappa shape index (κ1) is 18.8. The van der Waals surface area contributed by atoms with Crippen LogP contribution in [0.2, 0.25) is 0 Å². The van der Waals surface area contributed by atoms with Crippen LogP contribution in [-0.2, 0) is 16.4 Å². The Balaban J connectivity index is 1.85. The van der Waals surface area contributed by atoms with Gasteiger partial charge in [-0.1, -0.05) is 29.8 Å². The van der Waals surface area contributed by atoms with Gasteiger partial charge in [-0.05, 0) is 43.2 Å². The topological polar surface area (TPSA) is 78.5 Å². The molecule has 134 valence electrons. The van der Waals surface area contributed by atoms with Crippen molar-refractivity contribution in [3.8, 4) is 0 Å². The maximum atomic E-state index is 12.1. The first-order valence-corrected chi connectivity index (χ1v) is 9.40. The number of carbonyl (C=O) groups is 1. The lowest BCUT2D eigenvalue weighted by Gasteiger charge is -2.13. The molecule has 2 aromatic carbocycles. The SMILES string of the molecule is Cc1ccc(S(=O)(=O)NC(=O)NCCc2ccc(N(C)C)cc2)cc1. The molecule has 25 heavy (non-hydrogen) atoms. The fraction of sp³-hybridized carbons (Fsp3) is 0.278. The molecule has 2 N–H and O–H groups in total. The number of sulfonamides is 1. The van der Waals surface area contributed by atoms with Crippen molar-refractivity contribution >= 4 is 21.7 Å². The predicted octanol–water partition coefficient (Wildman–Crippen LogP) is 2.29. The molecule has 0 radical (unpaired) electrons. The van der Waals surface area contributed by atoms with Crippen molar-refractivity contribution in [3.05, 3.63) is 59.7 Å². The van der Waals surface area contributed by atoms with Crippen LogP contribution in [-0.4, -0.2) is 35.1 Å². The van der Waals surface area contributed by atoms with Crippen LogP contribution in [0, 0.1) is 6.92 Å². The molecule has 2 amide bonds. The number of nitrogens with zero attached hydrogens (tertiary/aromatic N) is 1. The van der Waals surface area contributed by atoms with Gasteiger partial charge < -0.3 is 10.2 Å². The summed E-state index contributed by atoms with van der Waals surface area (Å²) in [6.45, 7) is 2.21. The van der Waals surface area contributed by atoms with Crippen molar-refractivity contribution in [1.29, 1.82) is 0 Å². The van der Waals surface area contributed by atoms with Gasteiger partial charge in [0.05, 0.1) is 4.90 Å². The van der Waals surface area contributed by atoms with E-state index in [9.17, 15) is 13.2 Å². The molecule has 0 saturated heterocycles. The molecule has 0 bridgehead atoms. The van der Waals surface area contributed by atoms with Crippen LogP contribution in [0.25, 0.3) is 0 Å². The van der Waals surface area contributed by atoms with Crippen LogP contribution in [0.5, 0.6) is 0 Å². The molecule has 0 spiro atoms. The molecule has 0 saturated carbocycles. The molecule has 0 unspecified atom stereocenters. The summed E-state index contributed by atoms with van der Waals surface area (Å²) in [6.07, 6.45) is 0.617. The summed E-state index contributed by atoms with van der Waals surface area (Å²) in [5.41, 5.74) is 3.11. The Morgan fingerprint density at radius 3 is 2.16 bits per heavy atom. The van der Waals surface area contributed by atoms with Crippen molar-refractivity contribution < 1.29 is 13.2 Å². The van der Waals surface area contributed by atoms with E-state index in [0.29, 0.717) is 13.0 Å². The standard InChI is InChI=1S/C18H23N3O3S/c1-14-4-10-17(11-5-14)25(23,24)20-18(22)19-13-12-15-6-8-16(9-7-15)21(2)3/h4-11H,12-13H2,1-3H3,(H2,19,20,22). The van der Waals surface area contributed by atoms with Gasteiger partial charge in [-0.15, -0.1) is 0 Å². The van der Waals surface area contributed by atoms with Crippen LogP contribution in [0.1, 0.15) is 11.1 Å². The summed E-state index contributed by atoms with van der Waals surface area (Å²) in [5, 5.41) is 2.57. The molecule has 0 atom stereocenters. The third-order valence-electron chi connectivity index (χ3n) is 3.71. The third kappa shape index (κ3) is 5.49. The Kier molecular flexibility index (Phi) is 6.03. The molecule has 0 aromatic heterocycles. The van der Waals surface area contributed by atoms with Crippen molar-refractivity contribution in [2.75, 3.05) is 25.5 Å². The average Bonchev–Trinajstić information content (AvgIpc) is 2.55. The fourth-order valence-corrected chi connectivity index (χ4v) is 3.14. The minimum absolute atomic E-state index is 0.0625. The maximum absolute atomic E-state index is 12.1. The third-order valence-corrected chi connectivity index (χ3v) is 5.06. The van der Waals surface area contributed by atoms with Gasteiger partial charge in [0, 0.05) is 26.3 Å². The van der Waals surface area contributed by atoms with E-state index in [-0.39, 0.29) is 4.90 Å². The number of urea groups is 1. The molecule has 2 rings (SSSR count). The number of nitrogens with one attached hydrogen (secondary N) is 2. The van der Waals surface area contributed by atoms with Crippen LogP contribution >= 0.6 is 0 Å². The zero-order valence-corrected chi connectivity index (χ0v) is 15.4. The van der Waals surface area contributed by atoms with E-state index in [0.717, 1.165) is 16.8 Å². The average molecular weight is 361 g/mol. The molecule has 0 heterocycles. The summed E-state index contributed by atoms with van der Waals surface area (Å²) in [4.78, 5) is 13.9. The fourth-order valence-electron chi connectivity index (χ4n) is 2.22. The predicted molar refractivity (Wildman–Crippen MR) is 99.4 cm³/mol.